The fraction of sp³-hybridized carbons (Fsp3) is 0.190. The third kappa shape index (κ3) is 3.92. The van der Waals surface area contributed by atoms with Crippen LogP contribution in [0.5, 0.6) is 11.5 Å². The summed E-state index contributed by atoms with van der Waals surface area (Å²) in [7, 11) is 3.00. The highest BCUT2D eigenvalue weighted by Crippen LogP contribution is 2.39. The van der Waals surface area contributed by atoms with E-state index >= 15 is 0 Å². The molecule has 8 nitrogen and oxygen atoms in total. The molecule has 0 fully saturated rings. The topological polar surface area (TPSA) is 90.3 Å². The number of hydrogen-bond donors (Lipinski definition) is 2. The van der Waals surface area contributed by atoms with Crippen molar-refractivity contribution in [3.05, 3.63) is 69.6 Å². The van der Waals surface area contributed by atoms with E-state index in [0.717, 1.165) is 5.56 Å². The number of hydrogen-bond acceptors (Lipinski definition) is 6. The van der Waals surface area contributed by atoms with Crippen LogP contribution in [0.4, 0.5) is 11.6 Å². The third-order valence-corrected chi connectivity index (χ3v) is 5.49. The Morgan fingerprint density at radius 3 is 2.52 bits per heavy atom. The van der Waals surface area contributed by atoms with E-state index in [4.69, 9.17) is 32.7 Å². The highest BCUT2D eigenvalue weighted by Gasteiger charge is 2.33. The van der Waals surface area contributed by atoms with Crippen molar-refractivity contribution in [3.63, 3.8) is 0 Å². The molecule has 2 N–H and O–H groups in total. The monoisotopic (exact) mass is 459 g/mol. The molecule has 0 aliphatic carbocycles. The summed E-state index contributed by atoms with van der Waals surface area (Å²) in [5, 5.41) is 11.3. The fourth-order valence-corrected chi connectivity index (χ4v) is 3.84. The average Bonchev–Trinajstić information content (AvgIpc) is 3.22. The van der Waals surface area contributed by atoms with E-state index in [2.05, 4.69) is 20.7 Å². The molecule has 2 aromatic carbocycles. The normalized spacial score (nSPS) is 15.2. The van der Waals surface area contributed by atoms with Crippen molar-refractivity contribution in [1.29, 1.82) is 0 Å². The molecule has 4 rings (SSSR count). The Labute approximate surface area is 188 Å². The molecule has 3 aromatic rings. The Balaban J connectivity index is 1.76. The van der Waals surface area contributed by atoms with Crippen LogP contribution in [0.15, 0.2) is 54.0 Å². The van der Waals surface area contributed by atoms with Gasteiger partial charge in [-0.2, -0.15) is 10.1 Å². The number of halogens is 2. The molecule has 160 valence electrons. The van der Waals surface area contributed by atoms with Gasteiger partial charge in [0.2, 0.25) is 5.95 Å². The molecule has 0 spiro atoms. The van der Waals surface area contributed by atoms with Crippen molar-refractivity contribution in [2.75, 3.05) is 24.9 Å². The first-order chi connectivity index (χ1) is 14.9. The lowest BCUT2D eigenvalue weighted by molar-refractivity contribution is -0.113. The van der Waals surface area contributed by atoms with Crippen molar-refractivity contribution in [2.45, 2.75) is 13.0 Å². The number of nitrogens with zero attached hydrogens (tertiary/aromatic N) is 3. The maximum atomic E-state index is 13.5. The van der Waals surface area contributed by atoms with Gasteiger partial charge < -0.3 is 20.1 Å². The predicted octanol–water partition coefficient (Wildman–Crippen LogP) is 4.53. The molecule has 1 aliphatic heterocycles. The molecular formula is C21H19Cl2N5O3. The molecule has 2 heterocycles. The second-order valence-corrected chi connectivity index (χ2v) is 7.63. The van der Waals surface area contributed by atoms with E-state index in [1.807, 2.05) is 19.1 Å². The van der Waals surface area contributed by atoms with Crippen molar-refractivity contribution in [1.82, 2.24) is 14.8 Å². The van der Waals surface area contributed by atoms with Gasteiger partial charge in [-0.1, -0.05) is 35.3 Å². The number of carbonyl (C=O) groups excluding carboxylic acids is 1. The van der Waals surface area contributed by atoms with Crippen LogP contribution >= 0.6 is 23.2 Å². The van der Waals surface area contributed by atoms with E-state index in [-0.39, 0.29) is 5.91 Å². The van der Waals surface area contributed by atoms with Crippen LogP contribution in [0.25, 0.3) is 0 Å². The van der Waals surface area contributed by atoms with Gasteiger partial charge in [0.25, 0.3) is 5.91 Å². The second kappa shape index (κ2) is 8.49. The maximum Gasteiger partial charge on any atom is 0.255 e. The van der Waals surface area contributed by atoms with Crippen LogP contribution in [-0.2, 0) is 4.79 Å². The number of rotatable bonds is 5. The summed E-state index contributed by atoms with van der Waals surface area (Å²) in [5.74, 6) is 1.03. The van der Waals surface area contributed by atoms with Crippen LogP contribution in [0, 0.1) is 0 Å². The Hall–Kier alpha value is -3.23. The Kier molecular flexibility index (Phi) is 5.75. The number of amides is 1. The lowest BCUT2D eigenvalue weighted by Gasteiger charge is -2.29. The lowest BCUT2D eigenvalue weighted by atomic mass is 9.95. The first-order valence-corrected chi connectivity index (χ1v) is 10.0. The zero-order valence-corrected chi connectivity index (χ0v) is 18.5. The first kappa shape index (κ1) is 21.0. The average molecular weight is 460 g/mol. The summed E-state index contributed by atoms with van der Waals surface area (Å²) >= 11 is 12.2. The minimum absolute atomic E-state index is 0.339. The number of anilines is 2. The summed E-state index contributed by atoms with van der Waals surface area (Å²) in [6.45, 7) is 1.82. The van der Waals surface area contributed by atoms with E-state index < -0.39 is 6.04 Å². The van der Waals surface area contributed by atoms with Crippen LogP contribution < -0.4 is 20.1 Å². The quantitative estimate of drug-likeness (QED) is 0.582. The van der Waals surface area contributed by atoms with Crippen LogP contribution in [0.1, 0.15) is 18.5 Å². The van der Waals surface area contributed by atoms with Gasteiger partial charge in [-0.05, 0) is 24.6 Å². The molecular weight excluding hydrogens is 441 g/mol. The molecule has 1 aliphatic rings. The van der Waals surface area contributed by atoms with Crippen LogP contribution in [-0.4, -0.2) is 34.9 Å². The van der Waals surface area contributed by atoms with Gasteiger partial charge in [0.1, 0.15) is 23.9 Å². The van der Waals surface area contributed by atoms with E-state index in [1.54, 1.807) is 28.9 Å². The molecule has 1 atom stereocenters. The first-order valence-electron chi connectivity index (χ1n) is 9.28. The molecule has 0 radical (unpaired) electrons. The fourth-order valence-electron chi connectivity index (χ4n) is 3.49. The van der Waals surface area contributed by atoms with Gasteiger partial charge in [-0.15, -0.1) is 0 Å². The maximum absolute atomic E-state index is 13.5. The summed E-state index contributed by atoms with van der Waals surface area (Å²) < 4.78 is 12.3. The van der Waals surface area contributed by atoms with Crippen LogP contribution in [0.2, 0.25) is 10.0 Å². The molecule has 0 saturated heterocycles. The zero-order valence-electron chi connectivity index (χ0n) is 16.9. The minimum atomic E-state index is -0.504. The number of benzene rings is 2. The molecule has 31 heavy (non-hydrogen) atoms. The summed E-state index contributed by atoms with van der Waals surface area (Å²) in [6, 6.07) is 9.95. The van der Waals surface area contributed by atoms with E-state index in [0.29, 0.717) is 44.5 Å². The smallest absolute Gasteiger partial charge is 0.255 e. The van der Waals surface area contributed by atoms with Crippen molar-refractivity contribution in [2.24, 2.45) is 0 Å². The molecule has 0 unspecified atom stereocenters. The number of fused-ring (bicyclic) bond motifs is 1. The van der Waals surface area contributed by atoms with Gasteiger partial charge in [0.05, 0.1) is 30.5 Å². The molecule has 0 bridgehead atoms. The Morgan fingerprint density at radius 2 is 1.84 bits per heavy atom. The van der Waals surface area contributed by atoms with Gasteiger partial charge in [-0.25, -0.2) is 4.68 Å². The van der Waals surface area contributed by atoms with Crippen LogP contribution in [0.3, 0.4) is 0 Å². The summed E-state index contributed by atoms with van der Waals surface area (Å²) in [6.07, 6.45) is 1.44. The largest absolute Gasteiger partial charge is 0.495 e. The number of carbonyl (C=O) groups is 1. The standard InChI is InChI=1S/C21H19Cl2N5O3/c1-11-18(20(29)27-15-9-16(30-2)14(23)8-17(15)31-3)19(12-4-6-13(22)7-5-12)28-21(26-11)24-10-25-28/h4-10,19H,1-3H3,(H,27,29)(H,24,25,26)/t19-/m1/s1. The van der Waals surface area contributed by atoms with Gasteiger partial charge in [-0.3, -0.25) is 4.79 Å². The zero-order chi connectivity index (χ0) is 22.1. The number of methoxy groups -OCH3 is 2. The van der Waals surface area contributed by atoms with Gasteiger partial charge in [0.15, 0.2) is 0 Å². The lowest BCUT2D eigenvalue weighted by Crippen LogP contribution is -2.31. The Bertz CT molecular complexity index is 1170. The van der Waals surface area contributed by atoms with Crippen molar-refractivity contribution >= 4 is 40.7 Å². The Morgan fingerprint density at radius 1 is 1.13 bits per heavy atom. The van der Waals surface area contributed by atoms with Crippen molar-refractivity contribution in [3.8, 4) is 11.5 Å². The highest BCUT2D eigenvalue weighted by molar-refractivity contribution is 6.32. The van der Waals surface area contributed by atoms with Crippen molar-refractivity contribution < 1.29 is 14.3 Å². The number of allylic oxidation sites excluding steroid dienone is 1. The van der Waals surface area contributed by atoms with Gasteiger partial charge in [0, 0.05) is 22.9 Å². The summed E-state index contributed by atoms with van der Waals surface area (Å²) in [4.78, 5) is 17.7. The third-order valence-electron chi connectivity index (χ3n) is 4.95. The van der Waals surface area contributed by atoms with Gasteiger partial charge >= 0.3 is 0 Å². The van der Waals surface area contributed by atoms with E-state index in [9.17, 15) is 4.79 Å². The number of nitrogens with one attached hydrogen (secondary N) is 2. The minimum Gasteiger partial charge on any atom is -0.495 e. The highest BCUT2D eigenvalue weighted by atomic mass is 35.5. The van der Waals surface area contributed by atoms with E-state index in [1.165, 1.54) is 20.5 Å². The molecule has 1 aromatic heterocycles. The number of ether oxygens (including phenoxy) is 2. The predicted molar refractivity (Wildman–Crippen MR) is 119 cm³/mol. The second-order valence-electron chi connectivity index (χ2n) is 6.79. The molecule has 0 saturated carbocycles. The summed E-state index contributed by atoms with van der Waals surface area (Å²) in [5.41, 5.74) is 2.38. The number of aromatic nitrogens is 3. The SMILES string of the molecule is COc1cc(NC(=O)C2=C(C)Nc3ncnn3[C@@H]2c2ccc(Cl)cc2)c(OC)cc1Cl. The molecule has 1 amide bonds. The molecule has 10 heteroatoms.